The number of pyridine rings is 1. The maximum atomic E-state index is 4.54. The third-order valence-corrected chi connectivity index (χ3v) is 3.07. The summed E-state index contributed by atoms with van der Waals surface area (Å²) in [6, 6.07) is 6.24. The maximum Gasteiger partial charge on any atom is 0.0547 e. The predicted molar refractivity (Wildman–Crippen MR) is 82.2 cm³/mol. The number of aromatic nitrogens is 1. The van der Waals surface area contributed by atoms with Crippen molar-refractivity contribution in [1.29, 1.82) is 0 Å². The quantitative estimate of drug-likeness (QED) is 0.694. The van der Waals surface area contributed by atoms with E-state index in [0.717, 1.165) is 37.8 Å². The lowest BCUT2D eigenvalue weighted by Gasteiger charge is -2.16. The Kier molecular flexibility index (Phi) is 7.68. The monoisotopic (exact) mass is 263 g/mol. The van der Waals surface area contributed by atoms with Gasteiger partial charge in [0.15, 0.2) is 0 Å². The minimum atomic E-state index is 0.745. The van der Waals surface area contributed by atoms with Crippen molar-refractivity contribution in [3.05, 3.63) is 29.6 Å². The van der Waals surface area contributed by atoms with E-state index >= 15 is 0 Å². The molecule has 3 heteroatoms. The lowest BCUT2D eigenvalue weighted by atomic mass is 10.2. The Morgan fingerprint density at radius 2 is 2.05 bits per heavy atom. The van der Waals surface area contributed by atoms with E-state index in [1.165, 1.54) is 18.5 Å². The minimum absolute atomic E-state index is 0.745. The molecule has 19 heavy (non-hydrogen) atoms. The van der Waals surface area contributed by atoms with Crippen molar-refractivity contribution < 1.29 is 0 Å². The van der Waals surface area contributed by atoms with Gasteiger partial charge in [-0.15, -0.1) is 0 Å². The Labute approximate surface area is 118 Å². The second kappa shape index (κ2) is 9.05. The standard InChI is InChI=1S/C16H29N3/c1-14(2)12-17-10-5-6-11-19(4)13-16-9-7-8-15(3)18-16/h7-9,14,17H,5-6,10-13H2,1-4H3. The number of hydrogen-bond acceptors (Lipinski definition) is 3. The molecule has 1 aromatic heterocycles. The molecule has 1 aromatic rings. The van der Waals surface area contributed by atoms with Crippen molar-refractivity contribution in [3.63, 3.8) is 0 Å². The van der Waals surface area contributed by atoms with Crippen molar-refractivity contribution in [2.75, 3.05) is 26.7 Å². The molecule has 0 aliphatic carbocycles. The summed E-state index contributed by atoms with van der Waals surface area (Å²) in [4.78, 5) is 6.89. The summed E-state index contributed by atoms with van der Waals surface area (Å²) in [5, 5.41) is 3.48. The van der Waals surface area contributed by atoms with Crippen LogP contribution in [0.3, 0.4) is 0 Å². The molecule has 1 heterocycles. The molecule has 0 unspecified atom stereocenters. The Bertz CT molecular complexity index is 350. The average molecular weight is 263 g/mol. The highest BCUT2D eigenvalue weighted by Crippen LogP contribution is 2.03. The summed E-state index contributed by atoms with van der Waals surface area (Å²) >= 11 is 0. The zero-order valence-electron chi connectivity index (χ0n) is 12.9. The van der Waals surface area contributed by atoms with Gasteiger partial charge in [0.25, 0.3) is 0 Å². The maximum absolute atomic E-state index is 4.54. The number of hydrogen-bond donors (Lipinski definition) is 1. The fraction of sp³-hybridized carbons (Fsp3) is 0.688. The SMILES string of the molecule is Cc1cccc(CN(C)CCCCNCC(C)C)n1. The third kappa shape index (κ3) is 7.96. The molecule has 0 radical (unpaired) electrons. The van der Waals surface area contributed by atoms with E-state index in [2.05, 4.69) is 48.2 Å². The first-order valence-electron chi connectivity index (χ1n) is 7.39. The molecule has 108 valence electrons. The molecule has 0 aliphatic heterocycles. The Balaban J connectivity index is 2.09. The van der Waals surface area contributed by atoms with Crippen LogP contribution in [0.25, 0.3) is 0 Å². The van der Waals surface area contributed by atoms with Gasteiger partial charge in [-0.2, -0.15) is 0 Å². The van der Waals surface area contributed by atoms with Gasteiger partial charge in [-0.25, -0.2) is 0 Å². The van der Waals surface area contributed by atoms with Gasteiger partial charge < -0.3 is 10.2 Å². The van der Waals surface area contributed by atoms with Crippen molar-refractivity contribution in [2.24, 2.45) is 5.92 Å². The predicted octanol–water partition coefficient (Wildman–Crippen LogP) is 2.85. The second-order valence-electron chi connectivity index (χ2n) is 5.81. The second-order valence-corrected chi connectivity index (χ2v) is 5.81. The van der Waals surface area contributed by atoms with Crippen LogP contribution in [0.4, 0.5) is 0 Å². The topological polar surface area (TPSA) is 28.2 Å². The van der Waals surface area contributed by atoms with E-state index in [9.17, 15) is 0 Å². The molecule has 3 nitrogen and oxygen atoms in total. The van der Waals surface area contributed by atoms with Crippen LogP contribution in [0.15, 0.2) is 18.2 Å². The first-order chi connectivity index (χ1) is 9.08. The van der Waals surface area contributed by atoms with Crippen LogP contribution >= 0.6 is 0 Å². The number of aryl methyl sites for hydroxylation is 1. The van der Waals surface area contributed by atoms with Gasteiger partial charge >= 0.3 is 0 Å². The van der Waals surface area contributed by atoms with Gasteiger partial charge in [-0.05, 0) is 64.5 Å². The normalized spacial score (nSPS) is 11.5. The first kappa shape index (κ1) is 16.1. The van der Waals surface area contributed by atoms with Crippen LogP contribution in [0.2, 0.25) is 0 Å². The zero-order valence-corrected chi connectivity index (χ0v) is 12.9. The van der Waals surface area contributed by atoms with E-state index in [1.807, 2.05) is 13.0 Å². The smallest absolute Gasteiger partial charge is 0.0547 e. The molecule has 1 rings (SSSR count). The van der Waals surface area contributed by atoms with E-state index in [0.29, 0.717) is 0 Å². The molecule has 1 N–H and O–H groups in total. The van der Waals surface area contributed by atoms with E-state index in [1.54, 1.807) is 0 Å². The number of rotatable bonds is 9. The molecule has 0 amide bonds. The molecule has 0 atom stereocenters. The van der Waals surface area contributed by atoms with Crippen molar-refractivity contribution >= 4 is 0 Å². The lowest BCUT2D eigenvalue weighted by Crippen LogP contribution is -2.23. The molecule has 0 saturated carbocycles. The van der Waals surface area contributed by atoms with Crippen LogP contribution in [-0.2, 0) is 6.54 Å². The van der Waals surface area contributed by atoms with Crippen LogP contribution in [0.5, 0.6) is 0 Å². The lowest BCUT2D eigenvalue weighted by molar-refractivity contribution is 0.313. The van der Waals surface area contributed by atoms with Gasteiger partial charge in [0.2, 0.25) is 0 Å². The Morgan fingerprint density at radius 1 is 1.26 bits per heavy atom. The number of nitrogens with zero attached hydrogens (tertiary/aromatic N) is 2. The Hall–Kier alpha value is -0.930. The summed E-state index contributed by atoms with van der Waals surface area (Å²) in [5.41, 5.74) is 2.27. The van der Waals surface area contributed by atoms with E-state index < -0.39 is 0 Å². The molecule has 0 aliphatic rings. The van der Waals surface area contributed by atoms with Gasteiger partial charge in [0, 0.05) is 12.2 Å². The fourth-order valence-corrected chi connectivity index (χ4v) is 2.07. The van der Waals surface area contributed by atoms with Crippen molar-refractivity contribution in [2.45, 2.75) is 40.2 Å². The van der Waals surface area contributed by atoms with Crippen LogP contribution < -0.4 is 5.32 Å². The highest BCUT2D eigenvalue weighted by Gasteiger charge is 2.01. The summed E-state index contributed by atoms with van der Waals surface area (Å²) in [6.45, 7) is 10.9. The number of unbranched alkanes of at least 4 members (excludes halogenated alkanes) is 1. The summed E-state index contributed by atoms with van der Waals surface area (Å²) in [6.07, 6.45) is 2.49. The third-order valence-electron chi connectivity index (χ3n) is 3.07. The summed E-state index contributed by atoms with van der Waals surface area (Å²) in [7, 11) is 2.17. The highest BCUT2D eigenvalue weighted by molar-refractivity contribution is 5.09. The largest absolute Gasteiger partial charge is 0.316 e. The van der Waals surface area contributed by atoms with Crippen molar-refractivity contribution in [3.8, 4) is 0 Å². The van der Waals surface area contributed by atoms with Gasteiger partial charge in [-0.1, -0.05) is 19.9 Å². The molecular weight excluding hydrogens is 234 g/mol. The Morgan fingerprint density at radius 3 is 2.74 bits per heavy atom. The first-order valence-corrected chi connectivity index (χ1v) is 7.39. The molecule has 0 spiro atoms. The number of nitrogens with one attached hydrogen (secondary N) is 1. The molecular formula is C16H29N3. The van der Waals surface area contributed by atoms with Crippen LogP contribution in [-0.4, -0.2) is 36.6 Å². The molecule has 0 aromatic carbocycles. The minimum Gasteiger partial charge on any atom is -0.316 e. The highest BCUT2D eigenvalue weighted by atomic mass is 15.1. The van der Waals surface area contributed by atoms with Gasteiger partial charge in [0.1, 0.15) is 0 Å². The van der Waals surface area contributed by atoms with E-state index in [-0.39, 0.29) is 0 Å². The summed E-state index contributed by atoms with van der Waals surface area (Å²) in [5.74, 6) is 0.745. The fourth-order valence-electron chi connectivity index (χ4n) is 2.07. The van der Waals surface area contributed by atoms with Gasteiger partial charge in [0.05, 0.1) is 5.69 Å². The van der Waals surface area contributed by atoms with Crippen molar-refractivity contribution in [1.82, 2.24) is 15.2 Å². The van der Waals surface area contributed by atoms with Gasteiger partial charge in [-0.3, -0.25) is 4.98 Å². The van der Waals surface area contributed by atoms with E-state index in [4.69, 9.17) is 0 Å². The van der Waals surface area contributed by atoms with Crippen LogP contribution in [0.1, 0.15) is 38.1 Å². The zero-order chi connectivity index (χ0) is 14.1. The van der Waals surface area contributed by atoms with Crippen LogP contribution in [0, 0.1) is 12.8 Å². The summed E-state index contributed by atoms with van der Waals surface area (Å²) < 4.78 is 0. The molecule has 0 saturated heterocycles. The molecule has 0 fully saturated rings. The average Bonchev–Trinajstić information content (AvgIpc) is 2.33. The molecule has 0 bridgehead atoms.